The summed E-state index contributed by atoms with van der Waals surface area (Å²) in [5.74, 6) is -0.381. The highest BCUT2D eigenvalue weighted by Crippen LogP contribution is 2.24. The van der Waals surface area contributed by atoms with Crippen LogP contribution in [0.5, 0.6) is 0 Å². The van der Waals surface area contributed by atoms with E-state index >= 15 is 0 Å². The number of imidazole rings is 1. The molecule has 4 N–H and O–H groups in total. The minimum absolute atomic E-state index is 0.152. The van der Waals surface area contributed by atoms with E-state index in [4.69, 9.17) is 21.7 Å². The van der Waals surface area contributed by atoms with Crippen molar-refractivity contribution in [2.24, 2.45) is 0 Å². The Morgan fingerprint density at radius 3 is 3.00 bits per heavy atom. The van der Waals surface area contributed by atoms with E-state index in [1.165, 1.54) is 18.3 Å². The van der Waals surface area contributed by atoms with E-state index in [0.29, 0.717) is 40.9 Å². The Balaban J connectivity index is 1.90. The van der Waals surface area contributed by atoms with Gasteiger partial charge in [-0.05, 0) is 24.3 Å². The van der Waals surface area contributed by atoms with E-state index in [0.717, 1.165) is 6.07 Å². The van der Waals surface area contributed by atoms with Crippen molar-refractivity contribution < 1.29 is 14.3 Å². The molecule has 0 aliphatic heterocycles. The van der Waals surface area contributed by atoms with Crippen molar-refractivity contribution in [1.82, 2.24) is 15.0 Å². The third kappa shape index (κ3) is 3.59. The van der Waals surface area contributed by atoms with Crippen LogP contribution in [0.3, 0.4) is 0 Å². The number of fused-ring (bicyclic) bond motifs is 1. The van der Waals surface area contributed by atoms with E-state index in [1.807, 2.05) is 0 Å². The molecule has 0 aliphatic rings. The molecular weight excluding hydrogens is 363 g/mol. The summed E-state index contributed by atoms with van der Waals surface area (Å²) < 4.78 is 18.3. The van der Waals surface area contributed by atoms with Gasteiger partial charge in [-0.25, -0.2) is 14.4 Å². The van der Waals surface area contributed by atoms with Gasteiger partial charge < -0.3 is 15.0 Å². The van der Waals surface area contributed by atoms with Crippen LogP contribution in [0.25, 0.3) is 11.2 Å². The van der Waals surface area contributed by atoms with Crippen molar-refractivity contribution in [3.05, 3.63) is 46.9 Å². The number of methoxy groups -OCH3 is 1. The molecule has 0 amide bonds. The standard InChI is InChI=1S/C16H16ClFN6O2/c1-26-7-6-21-16-22-13-10(4-5-20-15(13)23-16)14(19)24(25)9-2-3-12(18)11(17)8-9/h2-5,8,19,25H,6-7H2,1H3,(H2,20,21,22,23). The van der Waals surface area contributed by atoms with Gasteiger partial charge in [0, 0.05) is 25.4 Å². The molecule has 0 radical (unpaired) electrons. The molecule has 0 fully saturated rings. The van der Waals surface area contributed by atoms with Gasteiger partial charge in [0.25, 0.3) is 0 Å². The van der Waals surface area contributed by atoms with Gasteiger partial charge in [-0.1, -0.05) is 11.6 Å². The van der Waals surface area contributed by atoms with Gasteiger partial charge in [-0.2, -0.15) is 4.98 Å². The van der Waals surface area contributed by atoms with Crippen LogP contribution < -0.4 is 10.4 Å². The Morgan fingerprint density at radius 2 is 2.27 bits per heavy atom. The molecule has 0 atom stereocenters. The number of aromatic amines is 1. The van der Waals surface area contributed by atoms with Crippen molar-refractivity contribution >= 4 is 40.2 Å². The van der Waals surface area contributed by atoms with E-state index in [2.05, 4.69) is 20.3 Å². The fourth-order valence-corrected chi connectivity index (χ4v) is 2.50. The Morgan fingerprint density at radius 1 is 1.46 bits per heavy atom. The minimum atomic E-state index is -0.609. The van der Waals surface area contributed by atoms with Gasteiger partial charge in [-0.15, -0.1) is 0 Å². The summed E-state index contributed by atoms with van der Waals surface area (Å²) in [4.78, 5) is 11.5. The molecule has 136 valence electrons. The molecule has 3 rings (SSSR count). The molecule has 8 nitrogen and oxygen atoms in total. The Bertz CT molecular complexity index is 948. The van der Waals surface area contributed by atoms with E-state index in [-0.39, 0.29) is 16.5 Å². The fraction of sp³-hybridized carbons (Fsp3) is 0.188. The highest BCUT2D eigenvalue weighted by atomic mass is 35.5. The Hall–Kier alpha value is -2.75. The molecule has 0 aliphatic carbocycles. The predicted octanol–water partition coefficient (Wildman–Crippen LogP) is 3.03. The first-order valence-electron chi connectivity index (χ1n) is 7.61. The number of hydrogen-bond donors (Lipinski definition) is 4. The van der Waals surface area contributed by atoms with Crippen molar-refractivity contribution in [1.29, 1.82) is 5.41 Å². The number of aromatic nitrogens is 3. The molecule has 0 unspecified atom stereocenters. The van der Waals surface area contributed by atoms with Crippen LogP contribution >= 0.6 is 11.6 Å². The molecule has 0 spiro atoms. The summed E-state index contributed by atoms with van der Waals surface area (Å²) in [6, 6.07) is 5.23. The molecule has 0 saturated heterocycles. The molecule has 2 aromatic heterocycles. The largest absolute Gasteiger partial charge is 0.383 e. The highest BCUT2D eigenvalue weighted by Gasteiger charge is 2.18. The normalized spacial score (nSPS) is 10.9. The second-order valence-corrected chi connectivity index (χ2v) is 5.73. The van der Waals surface area contributed by atoms with Crippen LogP contribution in [-0.4, -0.2) is 46.3 Å². The molecule has 26 heavy (non-hydrogen) atoms. The van der Waals surface area contributed by atoms with Crippen LogP contribution in [-0.2, 0) is 4.74 Å². The number of pyridine rings is 1. The van der Waals surface area contributed by atoms with E-state index in [1.54, 1.807) is 13.2 Å². The molecule has 0 saturated carbocycles. The number of hydroxylamine groups is 1. The topological polar surface area (TPSA) is 110 Å². The Labute approximate surface area is 153 Å². The maximum atomic E-state index is 13.3. The zero-order chi connectivity index (χ0) is 18.7. The number of H-pyrrole nitrogens is 1. The minimum Gasteiger partial charge on any atom is -0.383 e. The summed E-state index contributed by atoms with van der Waals surface area (Å²) in [5, 5.41) is 22.1. The summed E-state index contributed by atoms with van der Waals surface area (Å²) >= 11 is 5.74. The van der Waals surface area contributed by atoms with Gasteiger partial charge >= 0.3 is 0 Å². The number of amidine groups is 1. The van der Waals surface area contributed by atoms with Crippen LogP contribution in [0, 0.1) is 11.2 Å². The fourth-order valence-electron chi connectivity index (χ4n) is 2.32. The average Bonchev–Trinajstić information content (AvgIpc) is 3.06. The molecular formula is C16H16ClFN6O2. The highest BCUT2D eigenvalue weighted by molar-refractivity contribution is 6.31. The molecule has 1 aromatic carbocycles. The number of hydrogen-bond acceptors (Lipinski definition) is 6. The van der Waals surface area contributed by atoms with E-state index < -0.39 is 5.82 Å². The number of benzene rings is 1. The number of anilines is 2. The zero-order valence-corrected chi connectivity index (χ0v) is 14.5. The zero-order valence-electron chi connectivity index (χ0n) is 13.8. The predicted molar refractivity (Wildman–Crippen MR) is 96.8 cm³/mol. The van der Waals surface area contributed by atoms with Crippen molar-refractivity contribution in [3.63, 3.8) is 0 Å². The van der Waals surface area contributed by atoms with Crippen LogP contribution in [0.1, 0.15) is 5.56 Å². The summed E-state index contributed by atoms with van der Waals surface area (Å²) in [6.45, 7) is 1.05. The number of nitrogens with one attached hydrogen (secondary N) is 3. The van der Waals surface area contributed by atoms with Crippen molar-refractivity contribution in [2.75, 3.05) is 30.6 Å². The first-order chi connectivity index (χ1) is 12.5. The number of ether oxygens (including phenoxy) is 1. The maximum absolute atomic E-state index is 13.3. The van der Waals surface area contributed by atoms with Crippen LogP contribution in [0.15, 0.2) is 30.5 Å². The maximum Gasteiger partial charge on any atom is 0.202 e. The smallest absolute Gasteiger partial charge is 0.202 e. The first-order valence-corrected chi connectivity index (χ1v) is 7.99. The summed E-state index contributed by atoms with van der Waals surface area (Å²) in [7, 11) is 1.60. The van der Waals surface area contributed by atoms with Crippen LogP contribution in [0.2, 0.25) is 5.02 Å². The van der Waals surface area contributed by atoms with Gasteiger partial charge in [0.05, 0.1) is 22.8 Å². The number of halogens is 2. The SMILES string of the molecule is COCCNc1nc2nccc(C(=N)N(O)c3ccc(F)c(Cl)c3)c2[nH]1. The molecule has 3 aromatic rings. The molecule has 10 heteroatoms. The summed E-state index contributed by atoms with van der Waals surface area (Å²) in [5.41, 5.74) is 1.39. The third-order valence-electron chi connectivity index (χ3n) is 3.61. The monoisotopic (exact) mass is 378 g/mol. The second kappa shape index (κ2) is 7.65. The third-order valence-corrected chi connectivity index (χ3v) is 3.90. The van der Waals surface area contributed by atoms with Crippen LogP contribution in [0.4, 0.5) is 16.0 Å². The summed E-state index contributed by atoms with van der Waals surface area (Å²) in [6.07, 6.45) is 1.48. The van der Waals surface area contributed by atoms with Crippen molar-refractivity contribution in [2.45, 2.75) is 0 Å². The lowest BCUT2D eigenvalue weighted by atomic mass is 10.2. The lowest BCUT2D eigenvalue weighted by Crippen LogP contribution is -2.27. The van der Waals surface area contributed by atoms with Gasteiger partial charge in [0.1, 0.15) is 5.82 Å². The molecule has 0 bridgehead atoms. The van der Waals surface area contributed by atoms with Gasteiger partial charge in [0.2, 0.25) is 5.95 Å². The second-order valence-electron chi connectivity index (χ2n) is 5.32. The average molecular weight is 379 g/mol. The van der Waals surface area contributed by atoms with Gasteiger partial charge in [-0.3, -0.25) is 10.6 Å². The quantitative estimate of drug-likeness (QED) is 0.227. The first kappa shape index (κ1) is 18.1. The molecule has 2 heterocycles. The van der Waals surface area contributed by atoms with Crippen molar-refractivity contribution in [3.8, 4) is 0 Å². The lowest BCUT2D eigenvalue weighted by Gasteiger charge is -2.18. The Kier molecular flexibility index (Phi) is 5.31. The lowest BCUT2D eigenvalue weighted by molar-refractivity contribution is 0.210. The number of nitrogens with zero attached hydrogens (tertiary/aromatic N) is 3. The number of rotatable bonds is 6. The van der Waals surface area contributed by atoms with Gasteiger partial charge in [0.15, 0.2) is 11.5 Å². The van der Waals surface area contributed by atoms with E-state index in [9.17, 15) is 9.60 Å².